The quantitative estimate of drug-likeness (QED) is 0.138. The number of hydrazine groups is 1. The number of rotatable bonds is 11. The summed E-state index contributed by atoms with van der Waals surface area (Å²) >= 11 is 1.44. The fourth-order valence-electron chi connectivity index (χ4n) is 8.51. The summed E-state index contributed by atoms with van der Waals surface area (Å²) in [5.41, 5.74) is 9.43. The van der Waals surface area contributed by atoms with Gasteiger partial charge in [-0.05, 0) is 74.9 Å². The van der Waals surface area contributed by atoms with Crippen LogP contribution >= 0.6 is 11.3 Å². The number of likely N-dealkylation sites (tertiary alicyclic amines) is 1. The predicted molar refractivity (Wildman–Crippen MR) is 234 cm³/mol. The number of amides is 3. The number of thiazole rings is 1. The van der Waals surface area contributed by atoms with Gasteiger partial charge >= 0.3 is 5.97 Å². The summed E-state index contributed by atoms with van der Waals surface area (Å²) in [7, 11) is 1.69. The Morgan fingerprint density at radius 2 is 1.97 bits per heavy atom. The lowest BCUT2D eigenvalue weighted by atomic mass is 9.84. The first-order valence-electron chi connectivity index (χ1n) is 21.4. The molecular formula is C46H59N7O7S. The summed E-state index contributed by atoms with van der Waals surface area (Å²) in [6.07, 6.45) is 4.47. The number of aromatic nitrogens is 3. The number of carbonyl (C=O) groups excluding carboxylic acids is 4. The second-order valence-electron chi connectivity index (χ2n) is 17.5. The van der Waals surface area contributed by atoms with Crippen LogP contribution in [0.4, 0.5) is 0 Å². The van der Waals surface area contributed by atoms with Crippen LogP contribution in [0.3, 0.4) is 0 Å². The Kier molecular flexibility index (Phi) is 13.4. The molecule has 3 aliphatic rings. The number of aryl methyl sites for hydroxylation is 1. The number of fused-ring (bicyclic) bond motifs is 6. The van der Waals surface area contributed by atoms with Crippen molar-refractivity contribution in [1.29, 1.82) is 0 Å². The normalized spacial score (nSPS) is 20.8. The van der Waals surface area contributed by atoms with Gasteiger partial charge in [0.05, 0.1) is 53.4 Å². The largest absolute Gasteiger partial charge is 0.464 e. The lowest BCUT2D eigenvalue weighted by Crippen LogP contribution is -2.61. The van der Waals surface area contributed by atoms with Gasteiger partial charge in [0.2, 0.25) is 11.8 Å². The maximum absolute atomic E-state index is 14.4. The molecule has 6 heterocycles. The average molecular weight is 854 g/mol. The molecule has 14 nitrogen and oxygen atoms in total. The van der Waals surface area contributed by atoms with E-state index in [2.05, 4.69) is 66.9 Å². The van der Waals surface area contributed by atoms with Crippen LogP contribution < -0.4 is 10.7 Å². The van der Waals surface area contributed by atoms with Crippen molar-refractivity contribution in [1.82, 2.24) is 35.2 Å². The summed E-state index contributed by atoms with van der Waals surface area (Å²) in [4.78, 5) is 65.8. The van der Waals surface area contributed by atoms with Crippen molar-refractivity contribution in [3.8, 4) is 22.5 Å². The molecule has 3 aromatic heterocycles. The van der Waals surface area contributed by atoms with Crippen molar-refractivity contribution < 1.29 is 33.4 Å². The molecular weight excluding hydrogens is 795 g/mol. The van der Waals surface area contributed by atoms with Crippen LogP contribution in [0.5, 0.6) is 0 Å². The predicted octanol–water partition coefficient (Wildman–Crippen LogP) is 5.89. The fraction of sp³-hybridized carbons (Fsp3) is 0.522. The zero-order valence-electron chi connectivity index (χ0n) is 36.4. The van der Waals surface area contributed by atoms with Crippen LogP contribution in [-0.4, -0.2) is 106 Å². The van der Waals surface area contributed by atoms with E-state index in [1.54, 1.807) is 18.2 Å². The Hall–Kier alpha value is -4.96. The maximum Gasteiger partial charge on any atom is 0.324 e. The molecule has 0 radical (unpaired) electrons. The molecule has 61 heavy (non-hydrogen) atoms. The van der Waals surface area contributed by atoms with Gasteiger partial charge in [0.25, 0.3) is 5.91 Å². The van der Waals surface area contributed by atoms with E-state index in [4.69, 9.17) is 24.2 Å². The number of benzene rings is 1. The molecule has 2 fully saturated rings. The molecule has 326 valence electrons. The van der Waals surface area contributed by atoms with Crippen LogP contribution in [-0.2, 0) is 52.8 Å². The van der Waals surface area contributed by atoms with E-state index in [-0.39, 0.29) is 55.5 Å². The number of methoxy groups -OCH3 is 1. The van der Waals surface area contributed by atoms with E-state index in [0.29, 0.717) is 50.4 Å². The van der Waals surface area contributed by atoms with Gasteiger partial charge < -0.3 is 29.0 Å². The molecule has 15 heteroatoms. The van der Waals surface area contributed by atoms with Crippen molar-refractivity contribution >= 4 is 45.9 Å². The van der Waals surface area contributed by atoms with Gasteiger partial charge in [-0.15, -0.1) is 11.3 Å². The average Bonchev–Trinajstić information content (AvgIpc) is 3.83. The Labute approximate surface area is 362 Å². The third kappa shape index (κ3) is 9.44. The van der Waals surface area contributed by atoms with Gasteiger partial charge in [-0.2, -0.15) is 0 Å². The van der Waals surface area contributed by atoms with E-state index in [9.17, 15) is 19.2 Å². The molecule has 0 spiro atoms. The number of nitrogens with one attached hydrogen (secondary N) is 2. The first kappa shape index (κ1) is 44.1. The lowest BCUT2D eigenvalue weighted by Gasteiger charge is -2.39. The standard InChI is InChI=1S/C46H59N7O7S/c1-9-40(54)51-22-30(23-51)59-24-34(27(3)4)43(55)49-36-20-39-48-37(25-61-39)29-15-16-38-32(19-29)33(42(52(38)10-2)31-13-11-17-47-41(31)28(5)58-8)21-46(6,7)26-60-45(57)35-14-12-18-53(50-35)44(36)56/h9,11,13,15-17,19,25,27-28,30,34-36,50H,1,10,12,14,18,20-24,26H2,2-8H3,(H,49,55)/t28-,34?,35-,36-/m0/s1. The highest BCUT2D eigenvalue weighted by molar-refractivity contribution is 7.10. The summed E-state index contributed by atoms with van der Waals surface area (Å²) < 4.78 is 20.3. The monoisotopic (exact) mass is 853 g/mol. The molecule has 2 N–H and O–H groups in total. The first-order chi connectivity index (χ1) is 29.2. The molecule has 0 aliphatic carbocycles. The maximum atomic E-state index is 14.4. The van der Waals surface area contributed by atoms with Crippen LogP contribution in [0.25, 0.3) is 33.4 Å². The van der Waals surface area contributed by atoms with Gasteiger partial charge in [0, 0.05) is 78.7 Å². The van der Waals surface area contributed by atoms with Gasteiger partial charge in [0.1, 0.15) is 12.1 Å². The lowest BCUT2D eigenvalue weighted by molar-refractivity contribution is -0.155. The third-order valence-corrected chi connectivity index (χ3v) is 13.0. The highest BCUT2D eigenvalue weighted by atomic mass is 32.1. The van der Waals surface area contributed by atoms with Crippen LogP contribution in [0.15, 0.2) is 54.6 Å². The molecule has 3 amide bonds. The smallest absolute Gasteiger partial charge is 0.324 e. The van der Waals surface area contributed by atoms with Crippen molar-refractivity contribution in [3.05, 3.63) is 70.8 Å². The van der Waals surface area contributed by atoms with Crippen molar-refractivity contribution in [2.45, 2.75) is 98.1 Å². The number of nitrogens with zero attached hydrogens (tertiary/aromatic N) is 5. The third-order valence-electron chi connectivity index (χ3n) is 12.1. The van der Waals surface area contributed by atoms with E-state index in [1.807, 2.05) is 32.2 Å². The van der Waals surface area contributed by atoms with Crippen LogP contribution in [0, 0.1) is 17.3 Å². The highest BCUT2D eigenvalue weighted by Gasteiger charge is 2.38. The van der Waals surface area contributed by atoms with Crippen LogP contribution in [0.1, 0.15) is 76.8 Å². The zero-order chi connectivity index (χ0) is 43.6. The number of carbonyl (C=O) groups is 4. The van der Waals surface area contributed by atoms with Gasteiger partial charge in [-0.3, -0.25) is 29.2 Å². The molecule has 6 bridgehead atoms. The second kappa shape index (κ2) is 18.6. The minimum atomic E-state index is -0.976. The Morgan fingerprint density at radius 1 is 1.18 bits per heavy atom. The van der Waals surface area contributed by atoms with Crippen molar-refractivity contribution in [3.63, 3.8) is 0 Å². The molecule has 3 aliphatic heterocycles. The van der Waals surface area contributed by atoms with Crippen molar-refractivity contribution in [2.75, 3.05) is 40.0 Å². The Morgan fingerprint density at radius 3 is 2.69 bits per heavy atom. The molecule has 7 rings (SSSR count). The first-order valence-corrected chi connectivity index (χ1v) is 22.2. The number of pyridine rings is 1. The van der Waals surface area contributed by atoms with Crippen LogP contribution in [0.2, 0.25) is 0 Å². The summed E-state index contributed by atoms with van der Waals surface area (Å²) in [6, 6.07) is 8.75. The minimum absolute atomic E-state index is 0.0979. The number of hydrogen-bond donors (Lipinski definition) is 2. The van der Waals surface area contributed by atoms with E-state index < -0.39 is 29.4 Å². The van der Waals surface area contributed by atoms with Crippen molar-refractivity contribution in [2.24, 2.45) is 17.3 Å². The molecule has 4 atom stereocenters. The number of hydrogen-bond acceptors (Lipinski definition) is 11. The van der Waals surface area contributed by atoms with Gasteiger partial charge in [-0.25, -0.2) is 10.4 Å². The molecule has 0 saturated carbocycles. The molecule has 4 aromatic rings. The van der Waals surface area contributed by atoms with Gasteiger partial charge in [0.15, 0.2) is 0 Å². The number of ether oxygens (including phenoxy) is 3. The van der Waals surface area contributed by atoms with Gasteiger partial charge in [-0.1, -0.05) is 40.3 Å². The molecule has 1 unspecified atom stereocenters. The minimum Gasteiger partial charge on any atom is -0.464 e. The number of cyclic esters (lactones) is 1. The number of esters is 1. The summed E-state index contributed by atoms with van der Waals surface area (Å²) in [5, 5.41) is 8.27. The second-order valence-corrected chi connectivity index (χ2v) is 18.5. The van der Waals surface area contributed by atoms with E-state index in [0.717, 1.165) is 44.7 Å². The Bertz CT molecular complexity index is 2280. The molecule has 2 saturated heterocycles. The summed E-state index contributed by atoms with van der Waals surface area (Å²) in [6.45, 7) is 18.0. The summed E-state index contributed by atoms with van der Waals surface area (Å²) in [5.74, 6) is -1.91. The highest BCUT2D eigenvalue weighted by Crippen LogP contribution is 2.42. The zero-order valence-corrected chi connectivity index (χ0v) is 37.2. The molecule has 1 aromatic carbocycles. The SMILES string of the molecule is C=CC(=O)N1CC(OCC(C(=O)N[C@H]2Cc3nc(cs3)-c3ccc4c(c3)c(c(-c3cccnc3[C@H](C)OC)n4CC)CC(C)(C)COC(=O)[C@@H]3CCCN(N3)C2=O)C(C)C)C1. The Balaban J connectivity index is 1.25. The fourth-order valence-corrected chi connectivity index (χ4v) is 9.36. The van der Waals surface area contributed by atoms with E-state index >= 15 is 0 Å². The topological polar surface area (TPSA) is 157 Å². The van der Waals surface area contributed by atoms with E-state index in [1.165, 1.54) is 22.4 Å².